The van der Waals surface area contributed by atoms with E-state index in [0.29, 0.717) is 0 Å². The Balaban J connectivity index is 3.57. The summed E-state index contributed by atoms with van der Waals surface area (Å²) in [5, 5.41) is 0. The van der Waals surface area contributed by atoms with Crippen LogP contribution in [0.2, 0.25) is 0 Å². The Kier molecular flexibility index (Phi) is 3.43. The molecule has 0 unspecified atom stereocenters. The third-order valence-electron chi connectivity index (χ3n) is 2.52. The van der Waals surface area contributed by atoms with E-state index in [2.05, 4.69) is 22.9 Å². The summed E-state index contributed by atoms with van der Waals surface area (Å²) in [6.45, 7) is 6.10. The highest BCUT2D eigenvalue weighted by molar-refractivity contribution is 9.10. The van der Waals surface area contributed by atoms with Crippen LogP contribution in [0.3, 0.4) is 0 Å². The van der Waals surface area contributed by atoms with Crippen LogP contribution in [-0.4, -0.2) is 14.2 Å². The molecule has 0 heterocycles. The molecule has 0 saturated carbocycles. The first-order valence-electron chi connectivity index (χ1n) is 4.41. The largest absolute Gasteiger partial charge is 0.493 e. The first-order valence-corrected chi connectivity index (χ1v) is 5.21. The molecular weight excluding hydrogens is 244 g/mol. The Labute approximate surface area is 93.4 Å². The van der Waals surface area contributed by atoms with Crippen molar-refractivity contribution < 1.29 is 9.47 Å². The van der Waals surface area contributed by atoms with Crippen LogP contribution in [0.15, 0.2) is 4.47 Å². The van der Waals surface area contributed by atoms with Gasteiger partial charge in [-0.15, -0.1) is 0 Å². The first-order chi connectivity index (χ1) is 6.54. The molecule has 0 radical (unpaired) electrons. The number of hydrogen-bond acceptors (Lipinski definition) is 2. The molecular formula is C11H15BrO2. The van der Waals surface area contributed by atoms with Crippen LogP contribution in [0.25, 0.3) is 0 Å². The van der Waals surface area contributed by atoms with Gasteiger partial charge in [-0.25, -0.2) is 0 Å². The molecule has 14 heavy (non-hydrogen) atoms. The summed E-state index contributed by atoms with van der Waals surface area (Å²) in [5.74, 6) is 1.63. The number of benzene rings is 1. The SMILES string of the molecule is COc1c(C)c(C)c(Br)c(C)c1OC. The molecule has 0 fully saturated rings. The third-order valence-corrected chi connectivity index (χ3v) is 3.71. The summed E-state index contributed by atoms with van der Waals surface area (Å²) >= 11 is 3.55. The molecule has 0 N–H and O–H groups in total. The minimum atomic E-state index is 0.808. The monoisotopic (exact) mass is 258 g/mol. The smallest absolute Gasteiger partial charge is 0.165 e. The van der Waals surface area contributed by atoms with Crippen molar-refractivity contribution in [3.63, 3.8) is 0 Å². The molecule has 0 atom stereocenters. The maximum absolute atomic E-state index is 5.34. The molecule has 1 rings (SSSR count). The Hall–Kier alpha value is -0.700. The maximum Gasteiger partial charge on any atom is 0.165 e. The lowest BCUT2D eigenvalue weighted by atomic mass is 10.0. The van der Waals surface area contributed by atoms with Crippen LogP contribution in [0.1, 0.15) is 16.7 Å². The second-order valence-electron chi connectivity index (χ2n) is 3.26. The number of ether oxygens (including phenoxy) is 2. The van der Waals surface area contributed by atoms with E-state index in [4.69, 9.17) is 9.47 Å². The first kappa shape index (κ1) is 11.4. The maximum atomic E-state index is 5.34. The van der Waals surface area contributed by atoms with Gasteiger partial charge in [0.15, 0.2) is 11.5 Å². The quantitative estimate of drug-likeness (QED) is 0.810. The van der Waals surface area contributed by atoms with Gasteiger partial charge in [-0.2, -0.15) is 0 Å². The van der Waals surface area contributed by atoms with Crippen molar-refractivity contribution >= 4 is 15.9 Å². The molecule has 1 aromatic rings. The minimum Gasteiger partial charge on any atom is -0.493 e. The number of hydrogen-bond donors (Lipinski definition) is 0. The van der Waals surface area contributed by atoms with E-state index >= 15 is 0 Å². The zero-order valence-electron chi connectivity index (χ0n) is 9.19. The molecule has 0 bridgehead atoms. The van der Waals surface area contributed by atoms with Gasteiger partial charge in [-0.3, -0.25) is 0 Å². The summed E-state index contributed by atoms with van der Waals surface area (Å²) in [6, 6.07) is 0. The highest BCUT2D eigenvalue weighted by Crippen LogP contribution is 2.41. The lowest BCUT2D eigenvalue weighted by Gasteiger charge is -2.17. The Morgan fingerprint density at radius 1 is 0.786 bits per heavy atom. The predicted molar refractivity (Wildman–Crippen MR) is 61.5 cm³/mol. The number of methoxy groups -OCH3 is 2. The van der Waals surface area contributed by atoms with E-state index in [-0.39, 0.29) is 0 Å². The average molecular weight is 259 g/mol. The lowest BCUT2D eigenvalue weighted by molar-refractivity contribution is 0.350. The van der Waals surface area contributed by atoms with Gasteiger partial charge in [-0.1, -0.05) is 15.9 Å². The van der Waals surface area contributed by atoms with Gasteiger partial charge >= 0.3 is 0 Å². The van der Waals surface area contributed by atoms with E-state index in [1.54, 1.807) is 14.2 Å². The number of halogens is 1. The second kappa shape index (κ2) is 4.22. The molecule has 0 amide bonds. The molecule has 0 aliphatic rings. The van der Waals surface area contributed by atoms with Crippen LogP contribution in [0, 0.1) is 20.8 Å². The fourth-order valence-electron chi connectivity index (χ4n) is 1.55. The highest BCUT2D eigenvalue weighted by Gasteiger charge is 2.16. The van der Waals surface area contributed by atoms with E-state index in [1.807, 2.05) is 13.8 Å². The summed E-state index contributed by atoms with van der Waals surface area (Å²) in [6.07, 6.45) is 0. The molecule has 0 saturated heterocycles. The van der Waals surface area contributed by atoms with Crippen LogP contribution in [-0.2, 0) is 0 Å². The molecule has 0 aliphatic carbocycles. The van der Waals surface area contributed by atoms with Crippen molar-refractivity contribution in [3.8, 4) is 11.5 Å². The molecule has 2 nitrogen and oxygen atoms in total. The zero-order valence-corrected chi connectivity index (χ0v) is 10.8. The standard InChI is InChI=1S/C11H15BrO2/c1-6-7(2)10(13-4)11(14-5)8(3)9(6)12/h1-5H3. The molecule has 0 aliphatic heterocycles. The molecule has 0 spiro atoms. The van der Waals surface area contributed by atoms with Crippen molar-refractivity contribution in [2.75, 3.05) is 14.2 Å². The van der Waals surface area contributed by atoms with Crippen molar-refractivity contribution in [1.82, 2.24) is 0 Å². The molecule has 1 aromatic carbocycles. The Morgan fingerprint density at radius 2 is 1.21 bits per heavy atom. The normalized spacial score (nSPS) is 10.1. The topological polar surface area (TPSA) is 18.5 Å². The van der Waals surface area contributed by atoms with E-state index in [1.165, 1.54) is 5.56 Å². The summed E-state index contributed by atoms with van der Waals surface area (Å²) < 4.78 is 11.8. The van der Waals surface area contributed by atoms with Gasteiger partial charge in [0.1, 0.15) is 0 Å². The van der Waals surface area contributed by atoms with Gasteiger partial charge < -0.3 is 9.47 Å². The van der Waals surface area contributed by atoms with Crippen LogP contribution in [0.5, 0.6) is 11.5 Å². The summed E-state index contributed by atoms with van der Waals surface area (Å²) in [4.78, 5) is 0. The van der Waals surface area contributed by atoms with Crippen molar-refractivity contribution in [3.05, 3.63) is 21.2 Å². The molecule has 78 valence electrons. The highest BCUT2D eigenvalue weighted by atomic mass is 79.9. The molecule has 0 aromatic heterocycles. The second-order valence-corrected chi connectivity index (χ2v) is 4.05. The van der Waals surface area contributed by atoms with Crippen molar-refractivity contribution in [2.45, 2.75) is 20.8 Å². The van der Waals surface area contributed by atoms with Crippen LogP contribution < -0.4 is 9.47 Å². The fourth-order valence-corrected chi connectivity index (χ4v) is 2.03. The Morgan fingerprint density at radius 3 is 1.64 bits per heavy atom. The van der Waals surface area contributed by atoms with Crippen molar-refractivity contribution in [2.24, 2.45) is 0 Å². The third kappa shape index (κ3) is 1.61. The van der Waals surface area contributed by atoms with Crippen LogP contribution >= 0.6 is 15.9 Å². The van der Waals surface area contributed by atoms with Gasteiger partial charge in [0.2, 0.25) is 0 Å². The van der Waals surface area contributed by atoms with Crippen LogP contribution in [0.4, 0.5) is 0 Å². The lowest BCUT2D eigenvalue weighted by Crippen LogP contribution is -1.99. The van der Waals surface area contributed by atoms with Gasteiger partial charge in [0, 0.05) is 10.0 Å². The van der Waals surface area contributed by atoms with E-state index in [0.717, 1.165) is 27.1 Å². The summed E-state index contributed by atoms with van der Waals surface area (Å²) in [7, 11) is 3.32. The van der Waals surface area contributed by atoms with Gasteiger partial charge in [-0.05, 0) is 31.9 Å². The fraction of sp³-hybridized carbons (Fsp3) is 0.455. The van der Waals surface area contributed by atoms with E-state index in [9.17, 15) is 0 Å². The van der Waals surface area contributed by atoms with Crippen molar-refractivity contribution in [1.29, 1.82) is 0 Å². The Bertz CT molecular complexity index is 324. The number of rotatable bonds is 2. The molecule has 3 heteroatoms. The van der Waals surface area contributed by atoms with Gasteiger partial charge in [0.25, 0.3) is 0 Å². The van der Waals surface area contributed by atoms with E-state index < -0.39 is 0 Å². The zero-order chi connectivity index (χ0) is 10.9. The minimum absolute atomic E-state index is 0.808. The predicted octanol–water partition coefficient (Wildman–Crippen LogP) is 3.39. The van der Waals surface area contributed by atoms with Gasteiger partial charge in [0.05, 0.1) is 14.2 Å². The summed E-state index contributed by atoms with van der Waals surface area (Å²) in [5.41, 5.74) is 3.38. The average Bonchev–Trinajstić information content (AvgIpc) is 2.20.